The fourth-order valence-corrected chi connectivity index (χ4v) is 7.60. The standard InChI is InChI=1S/C31H21FI2N2O4S/c1-3-14-40-28-22(33)15-18(16-23(28)34)17-24-29(37)36-27(20-10-12-21(32)13-11-20)25(30(38)39-4-2)26(35-31(36)41-24)19-8-6-5-7-9-19/h1,5-13,15-17,27H,4,14H2,2H3/b24-17-/t27-/m0/s1. The quantitative estimate of drug-likeness (QED) is 0.145. The number of esters is 1. The van der Waals surface area contributed by atoms with Gasteiger partial charge in [-0.15, -0.1) is 6.42 Å². The van der Waals surface area contributed by atoms with Gasteiger partial charge in [-0.2, -0.15) is 0 Å². The van der Waals surface area contributed by atoms with Crippen LogP contribution in [0.25, 0.3) is 11.8 Å². The largest absolute Gasteiger partial charge is 0.479 e. The third-order valence-corrected chi connectivity index (χ3v) is 8.76. The third-order valence-electron chi connectivity index (χ3n) is 6.18. The number of hydrogen-bond donors (Lipinski definition) is 0. The number of thiazole rings is 1. The van der Waals surface area contributed by atoms with E-state index in [9.17, 15) is 14.0 Å². The zero-order valence-corrected chi connectivity index (χ0v) is 26.7. The number of aromatic nitrogens is 1. The Balaban J connectivity index is 1.76. The Hall–Kier alpha value is -3.28. The van der Waals surface area contributed by atoms with Gasteiger partial charge in [0.05, 0.1) is 35.6 Å². The zero-order chi connectivity index (χ0) is 29.1. The number of benzene rings is 3. The van der Waals surface area contributed by atoms with E-state index < -0.39 is 17.8 Å². The maximum Gasteiger partial charge on any atom is 0.338 e. The maximum absolute atomic E-state index is 14.0. The first-order valence-corrected chi connectivity index (χ1v) is 15.4. The molecule has 5 rings (SSSR count). The molecule has 0 saturated heterocycles. The Kier molecular flexibility index (Phi) is 9.06. The van der Waals surface area contributed by atoms with Crippen molar-refractivity contribution >= 4 is 74.3 Å². The smallest absolute Gasteiger partial charge is 0.338 e. The number of hydrogen-bond acceptors (Lipinski definition) is 6. The van der Waals surface area contributed by atoms with E-state index >= 15 is 0 Å². The molecule has 0 unspecified atom stereocenters. The molecule has 0 fully saturated rings. The highest BCUT2D eigenvalue weighted by Gasteiger charge is 2.35. The predicted octanol–water partition coefficient (Wildman–Crippen LogP) is 5.30. The van der Waals surface area contributed by atoms with Gasteiger partial charge in [-0.3, -0.25) is 9.36 Å². The molecule has 4 aromatic rings. The molecule has 1 aliphatic heterocycles. The lowest BCUT2D eigenvalue weighted by molar-refractivity contribution is -0.138. The second-order valence-electron chi connectivity index (χ2n) is 8.79. The highest BCUT2D eigenvalue weighted by atomic mass is 127. The van der Waals surface area contributed by atoms with Gasteiger partial charge in [0.2, 0.25) is 0 Å². The van der Waals surface area contributed by atoms with Crippen molar-refractivity contribution in [1.29, 1.82) is 0 Å². The molecular formula is C31H21FI2N2O4S. The van der Waals surface area contributed by atoms with Crippen LogP contribution in [0.5, 0.6) is 5.75 Å². The summed E-state index contributed by atoms with van der Waals surface area (Å²) in [5, 5.41) is 0. The van der Waals surface area contributed by atoms with Crippen LogP contribution in [0, 0.1) is 25.3 Å². The first kappa shape index (κ1) is 29.2. The summed E-state index contributed by atoms with van der Waals surface area (Å²) in [4.78, 5) is 32.7. The van der Waals surface area contributed by atoms with Gasteiger partial charge in [0.25, 0.3) is 5.56 Å². The van der Waals surface area contributed by atoms with Crippen molar-refractivity contribution < 1.29 is 18.7 Å². The van der Waals surface area contributed by atoms with E-state index in [2.05, 4.69) is 51.1 Å². The molecule has 0 saturated carbocycles. The lowest BCUT2D eigenvalue weighted by Gasteiger charge is -2.25. The fourth-order valence-electron chi connectivity index (χ4n) is 4.47. The van der Waals surface area contributed by atoms with Crippen molar-refractivity contribution in [3.05, 3.63) is 122 Å². The van der Waals surface area contributed by atoms with Crippen LogP contribution in [0.15, 0.2) is 82.1 Å². The number of terminal acetylenes is 1. The zero-order valence-electron chi connectivity index (χ0n) is 21.6. The van der Waals surface area contributed by atoms with Crippen molar-refractivity contribution in [2.45, 2.75) is 13.0 Å². The van der Waals surface area contributed by atoms with Crippen LogP contribution in [0.4, 0.5) is 4.39 Å². The summed E-state index contributed by atoms with van der Waals surface area (Å²) in [6, 6.07) is 18.0. The molecule has 0 amide bonds. The summed E-state index contributed by atoms with van der Waals surface area (Å²) in [5.41, 5.74) is 2.35. The van der Waals surface area contributed by atoms with Crippen LogP contribution in [-0.2, 0) is 9.53 Å². The minimum Gasteiger partial charge on any atom is -0.479 e. The summed E-state index contributed by atoms with van der Waals surface area (Å²) in [7, 11) is 0. The van der Waals surface area contributed by atoms with Crippen LogP contribution < -0.4 is 19.6 Å². The van der Waals surface area contributed by atoms with Crippen molar-refractivity contribution in [2.75, 3.05) is 13.2 Å². The monoisotopic (exact) mass is 790 g/mol. The third kappa shape index (κ3) is 6.02. The van der Waals surface area contributed by atoms with Crippen LogP contribution in [0.2, 0.25) is 0 Å². The Labute approximate surface area is 266 Å². The second-order valence-corrected chi connectivity index (χ2v) is 12.1. The van der Waals surface area contributed by atoms with E-state index in [1.54, 1.807) is 25.1 Å². The average Bonchev–Trinajstić information content (AvgIpc) is 3.27. The average molecular weight is 790 g/mol. The van der Waals surface area contributed by atoms with Crippen LogP contribution in [0.3, 0.4) is 0 Å². The molecule has 1 aromatic heterocycles. The molecule has 1 atom stereocenters. The number of nitrogens with zero attached hydrogens (tertiary/aromatic N) is 2. The van der Waals surface area contributed by atoms with Gasteiger partial charge >= 0.3 is 5.97 Å². The number of ether oxygens (including phenoxy) is 2. The van der Waals surface area contributed by atoms with Crippen LogP contribution >= 0.6 is 56.5 Å². The highest BCUT2D eigenvalue weighted by Crippen LogP contribution is 2.35. The summed E-state index contributed by atoms with van der Waals surface area (Å²) in [5.74, 6) is 2.14. The Morgan fingerprint density at radius 1 is 1.15 bits per heavy atom. The molecule has 206 valence electrons. The molecule has 0 spiro atoms. The first-order chi connectivity index (χ1) is 19.8. The van der Waals surface area contributed by atoms with Crippen molar-refractivity contribution in [1.82, 2.24) is 4.57 Å². The molecule has 2 heterocycles. The van der Waals surface area contributed by atoms with Gasteiger partial charge < -0.3 is 9.47 Å². The summed E-state index contributed by atoms with van der Waals surface area (Å²) < 4.78 is 28.7. The van der Waals surface area contributed by atoms with Gasteiger partial charge in [0.15, 0.2) is 4.80 Å². The molecule has 3 aromatic carbocycles. The van der Waals surface area contributed by atoms with E-state index in [4.69, 9.17) is 20.9 Å². The van der Waals surface area contributed by atoms with Gasteiger partial charge in [0, 0.05) is 5.56 Å². The van der Waals surface area contributed by atoms with Gasteiger partial charge in [-0.25, -0.2) is 14.2 Å². The number of carbonyl (C=O) groups is 1. The van der Waals surface area contributed by atoms with Crippen molar-refractivity contribution in [3.8, 4) is 18.1 Å². The summed E-state index contributed by atoms with van der Waals surface area (Å²) >= 11 is 5.57. The number of fused-ring (bicyclic) bond motifs is 1. The number of halogens is 3. The molecule has 0 bridgehead atoms. The van der Waals surface area contributed by atoms with Gasteiger partial charge in [-0.05, 0) is 93.6 Å². The Morgan fingerprint density at radius 2 is 1.83 bits per heavy atom. The molecule has 0 radical (unpaired) electrons. The van der Waals surface area contributed by atoms with Gasteiger partial charge in [0.1, 0.15) is 18.2 Å². The van der Waals surface area contributed by atoms with E-state index in [-0.39, 0.29) is 24.3 Å². The summed E-state index contributed by atoms with van der Waals surface area (Å²) in [6.07, 6.45) is 7.13. The minimum atomic E-state index is -0.872. The molecular weight excluding hydrogens is 769 g/mol. The fraction of sp³-hybridized carbons (Fsp3) is 0.129. The SMILES string of the molecule is C#CCOc1c(I)cc(/C=c2\sc3n(c2=O)[C@@H](c2ccc(F)cc2)C(C(=O)OCC)=C(c2ccccc2)N=3)cc1I. The van der Waals surface area contributed by atoms with Crippen LogP contribution in [0.1, 0.15) is 29.7 Å². The number of rotatable bonds is 7. The minimum absolute atomic E-state index is 0.142. The Bertz CT molecular complexity index is 1870. The molecule has 10 heteroatoms. The van der Waals surface area contributed by atoms with E-state index in [0.717, 1.165) is 12.7 Å². The van der Waals surface area contributed by atoms with Crippen LogP contribution in [-0.4, -0.2) is 23.8 Å². The molecule has 41 heavy (non-hydrogen) atoms. The Morgan fingerprint density at radius 3 is 2.46 bits per heavy atom. The highest BCUT2D eigenvalue weighted by molar-refractivity contribution is 14.1. The molecule has 0 aliphatic carbocycles. The molecule has 6 nitrogen and oxygen atoms in total. The molecule has 1 aliphatic rings. The van der Waals surface area contributed by atoms with E-state index in [1.807, 2.05) is 42.5 Å². The van der Waals surface area contributed by atoms with E-state index in [0.29, 0.717) is 31.9 Å². The number of carbonyl (C=O) groups excluding carboxylic acids is 1. The molecule has 0 N–H and O–H groups in total. The first-order valence-electron chi connectivity index (χ1n) is 12.4. The summed E-state index contributed by atoms with van der Waals surface area (Å²) in [6.45, 7) is 2.01. The second kappa shape index (κ2) is 12.7. The van der Waals surface area contributed by atoms with Crippen molar-refractivity contribution in [3.63, 3.8) is 0 Å². The predicted molar refractivity (Wildman–Crippen MR) is 174 cm³/mol. The lowest BCUT2D eigenvalue weighted by atomic mass is 9.93. The topological polar surface area (TPSA) is 69.9 Å². The maximum atomic E-state index is 14.0. The van der Waals surface area contributed by atoms with Gasteiger partial charge in [-0.1, -0.05) is 59.7 Å². The normalized spacial score (nSPS) is 14.7. The lowest BCUT2D eigenvalue weighted by Crippen LogP contribution is -2.40. The van der Waals surface area contributed by atoms with Crippen molar-refractivity contribution in [2.24, 2.45) is 4.99 Å². The van der Waals surface area contributed by atoms with E-state index in [1.165, 1.54) is 28.0 Å².